The number of halogens is 1. The Labute approximate surface area is 201 Å². The molecule has 0 bridgehead atoms. The Morgan fingerprint density at radius 2 is 1.58 bits per heavy atom. The molecule has 0 saturated carbocycles. The topological polar surface area (TPSA) is 49.4 Å². The second kappa shape index (κ2) is 12.2. The van der Waals surface area contributed by atoms with E-state index in [0.717, 1.165) is 28.7 Å². The minimum absolute atomic E-state index is 0.105. The standard InChI is InChI=1S/C28H31ClN2O2/c1-3-17-30-28(33)26(18-22-9-5-4-6-10-22)31(20-24-11-7-8-12-25(24)29)27(32)19-23-15-13-21(2)14-16-23/h4-16,26H,3,17-20H2,1-2H3,(H,30,33). The minimum atomic E-state index is -0.645. The van der Waals surface area contributed by atoms with Crippen LogP contribution in [0.3, 0.4) is 0 Å². The highest BCUT2D eigenvalue weighted by Gasteiger charge is 2.30. The summed E-state index contributed by atoms with van der Waals surface area (Å²) in [6, 6.07) is 24.5. The summed E-state index contributed by atoms with van der Waals surface area (Å²) in [6.07, 6.45) is 1.48. The lowest BCUT2D eigenvalue weighted by Crippen LogP contribution is -2.51. The van der Waals surface area contributed by atoms with Gasteiger partial charge in [0.15, 0.2) is 0 Å². The predicted octanol–water partition coefficient (Wildman–Crippen LogP) is 5.36. The fourth-order valence-corrected chi connectivity index (χ4v) is 3.91. The van der Waals surface area contributed by atoms with Crippen LogP contribution < -0.4 is 5.32 Å². The molecule has 1 atom stereocenters. The van der Waals surface area contributed by atoms with Gasteiger partial charge in [-0.25, -0.2) is 0 Å². The highest BCUT2D eigenvalue weighted by atomic mass is 35.5. The maximum absolute atomic E-state index is 13.6. The van der Waals surface area contributed by atoms with E-state index in [-0.39, 0.29) is 24.8 Å². The van der Waals surface area contributed by atoms with Gasteiger partial charge in [0.25, 0.3) is 0 Å². The summed E-state index contributed by atoms with van der Waals surface area (Å²) < 4.78 is 0. The van der Waals surface area contributed by atoms with Gasteiger partial charge in [0.1, 0.15) is 6.04 Å². The fourth-order valence-electron chi connectivity index (χ4n) is 3.71. The molecular formula is C28H31ClN2O2. The lowest BCUT2D eigenvalue weighted by Gasteiger charge is -2.32. The number of nitrogens with zero attached hydrogens (tertiary/aromatic N) is 1. The number of nitrogens with one attached hydrogen (secondary N) is 1. The molecule has 3 aromatic carbocycles. The molecule has 1 N–H and O–H groups in total. The first-order chi connectivity index (χ1) is 16.0. The van der Waals surface area contributed by atoms with Crippen LogP contribution in [0.25, 0.3) is 0 Å². The molecule has 4 nitrogen and oxygen atoms in total. The van der Waals surface area contributed by atoms with Crippen LogP contribution in [0.15, 0.2) is 78.9 Å². The van der Waals surface area contributed by atoms with Gasteiger partial charge in [-0.3, -0.25) is 9.59 Å². The fraction of sp³-hybridized carbons (Fsp3) is 0.286. The molecule has 5 heteroatoms. The molecular weight excluding hydrogens is 432 g/mol. The van der Waals surface area contributed by atoms with Gasteiger partial charge < -0.3 is 10.2 Å². The van der Waals surface area contributed by atoms with E-state index in [4.69, 9.17) is 11.6 Å². The number of rotatable bonds is 10. The molecule has 1 unspecified atom stereocenters. The molecule has 172 valence electrons. The Bertz CT molecular complexity index is 1050. The molecule has 0 aliphatic carbocycles. The van der Waals surface area contributed by atoms with Crippen LogP contribution in [-0.2, 0) is 29.0 Å². The smallest absolute Gasteiger partial charge is 0.243 e. The van der Waals surface area contributed by atoms with E-state index < -0.39 is 6.04 Å². The van der Waals surface area contributed by atoms with Gasteiger partial charge in [0.2, 0.25) is 11.8 Å². The Morgan fingerprint density at radius 1 is 0.909 bits per heavy atom. The first-order valence-corrected chi connectivity index (χ1v) is 11.8. The molecule has 0 fully saturated rings. The Hall–Kier alpha value is -3.11. The van der Waals surface area contributed by atoms with Crippen LogP contribution in [0.4, 0.5) is 0 Å². The van der Waals surface area contributed by atoms with Crippen molar-refractivity contribution in [2.75, 3.05) is 6.54 Å². The van der Waals surface area contributed by atoms with Gasteiger partial charge in [-0.05, 0) is 36.1 Å². The summed E-state index contributed by atoms with van der Waals surface area (Å²) in [5.41, 5.74) is 3.88. The van der Waals surface area contributed by atoms with E-state index in [0.29, 0.717) is 18.0 Å². The normalized spacial score (nSPS) is 11.6. The summed E-state index contributed by atoms with van der Waals surface area (Å²) in [5.74, 6) is -0.253. The quantitative estimate of drug-likeness (QED) is 0.441. The van der Waals surface area contributed by atoms with Crippen LogP contribution in [0.2, 0.25) is 5.02 Å². The number of hydrogen-bond donors (Lipinski definition) is 1. The van der Waals surface area contributed by atoms with Crippen molar-refractivity contribution in [2.24, 2.45) is 0 Å². The summed E-state index contributed by atoms with van der Waals surface area (Å²) in [5, 5.41) is 3.58. The Morgan fingerprint density at radius 3 is 2.24 bits per heavy atom. The van der Waals surface area contributed by atoms with E-state index in [1.807, 2.05) is 92.7 Å². The molecule has 0 aliphatic heterocycles. The number of hydrogen-bond acceptors (Lipinski definition) is 2. The molecule has 0 heterocycles. The number of carbonyl (C=O) groups excluding carboxylic acids is 2. The average Bonchev–Trinajstić information content (AvgIpc) is 2.83. The van der Waals surface area contributed by atoms with Crippen molar-refractivity contribution in [3.63, 3.8) is 0 Å². The minimum Gasteiger partial charge on any atom is -0.354 e. The molecule has 0 spiro atoms. The molecule has 0 radical (unpaired) electrons. The summed E-state index contributed by atoms with van der Waals surface area (Å²) in [6.45, 7) is 4.86. The first kappa shape index (κ1) is 24.5. The third kappa shape index (κ3) is 7.19. The zero-order valence-corrected chi connectivity index (χ0v) is 20.0. The monoisotopic (exact) mass is 462 g/mol. The van der Waals surface area contributed by atoms with E-state index in [9.17, 15) is 9.59 Å². The van der Waals surface area contributed by atoms with Crippen LogP contribution in [0, 0.1) is 6.92 Å². The Kier molecular flexibility index (Phi) is 9.08. The molecule has 0 saturated heterocycles. The van der Waals surface area contributed by atoms with Crippen molar-refractivity contribution < 1.29 is 9.59 Å². The van der Waals surface area contributed by atoms with Crippen LogP contribution >= 0.6 is 11.6 Å². The lowest BCUT2D eigenvalue weighted by molar-refractivity contribution is -0.140. The van der Waals surface area contributed by atoms with Gasteiger partial charge in [-0.15, -0.1) is 0 Å². The van der Waals surface area contributed by atoms with Crippen LogP contribution in [0.5, 0.6) is 0 Å². The van der Waals surface area contributed by atoms with E-state index >= 15 is 0 Å². The highest BCUT2D eigenvalue weighted by Crippen LogP contribution is 2.21. The van der Waals surface area contributed by atoms with Crippen molar-refractivity contribution in [3.05, 3.63) is 106 Å². The first-order valence-electron chi connectivity index (χ1n) is 11.4. The van der Waals surface area contributed by atoms with E-state index in [2.05, 4.69) is 5.32 Å². The molecule has 3 aromatic rings. The SMILES string of the molecule is CCCNC(=O)C(Cc1ccccc1)N(Cc1ccccc1Cl)C(=O)Cc1ccc(C)cc1. The average molecular weight is 463 g/mol. The van der Waals surface area contributed by atoms with Crippen LogP contribution in [0.1, 0.15) is 35.6 Å². The molecule has 2 amide bonds. The number of amides is 2. The number of benzene rings is 3. The van der Waals surface area contributed by atoms with Gasteiger partial charge >= 0.3 is 0 Å². The van der Waals surface area contributed by atoms with Gasteiger partial charge in [-0.2, -0.15) is 0 Å². The zero-order chi connectivity index (χ0) is 23.6. The van der Waals surface area contributed by atoms with Crippen molar-refractivity contribution in [1.82, 2.24) is 10.2 Å². The van der Waals surface area contributed by atoms with Crippen molar-refractivity contribution in [3.8, 4) is 0 Å². The lowest BCUT2D eigenvalue weighted by atomic mass is 10.0. The summed E-state index contributed by atoms with van der Waals surface area (Å²) in [7, 11) is 0. The summed E-state index contributed by atoms with van der Waals surface area (Å²) in [4.78, 5) is 28.6. The van der Waals surface area contributed by atoms with Gasteiger partial charge in [0.05, 0.1) is 6.42 Å². The van der Waals surface area contributed by atoms with E-state index in [1.165, 1.54) is 0 Å². The van der Waals surface area contributed by atoms with E-state index in [1.54, 1.807) is 4.90 Å². The summed E-state index contributed by atoms with van der Waals surface area (Å²) >= 11 is 6.44. The second-order valence-corrected chi connectivity index (χ2v) is 8.68. The Balaban J connectivity index is 1.95. The maximum Gasteiger partial charge on any atom is 0.243 e. The number of carbonyl (C=O) groups is 2. The predicted molar refractivity (Wildman–Crippen MR) is 134 cm³/mol. The number of aryl methyl sites for hydroxylation is 1. The maximum atomic E-state index is 13.6. The largest absolute Gasteiger partial charge is 0.354 e. The van der Waals surface area contributed by atoms with Crippen LogP contribution in [-0.4, -0.2) is 29.3 Å². The zero-order valence-electron chi connectivity index (χ0n) is 19.3. The van der Waals surface area contributed by atoms with Gasteiger partial charge in [-0.1, -0.05) is 96.9 Å². The molecule has 33 heavy (non-hydrogen) atoms. The van der Waals surface area contributed by atoms with Crippen molar-refractivity contribution in [2.45, 2.75) is 45.7 Å². The van der Waals surface area contributed by atoms with Gasteiger partial charge in [0, 0.05) is 24.5 Å². The van der Waals surface area contributed by atoms with Crippen molar-refractivity contribution in [1.29, 1.82) is 0 Å². The molecule has 3 rings (SSSR count). The second-order valence-electron chi connectivity index (χ2n) is 8.27. The van der Waals surface area contributed by atoms with Crippen molar-refractivity contribution >= 4 is 23.4 Å². The third-order valence-electron chi connectivity index (χ3n) is 5.59. The third-order valence-corrected chi connectivity index (χ3v) is 5.96. The molecule has 0 aromatic heterocycles. The molecule has 0 aliphatic rings. The highest BCUT2D eigenvalue weighted by molar-refractivity contribution is 6.31.